The van der Waals surface area contributed by atoms with Crippen molar-refractivity contribution in [2.75, 3.05) is 13.1 Å². The topological polar surface area (TPSA) is 29.5 Å². The van der Waals surface area contributed by atoms with Gasteiger partial charge in [0.25, 0.3) is 0 Å². The van der Waals surface area contributed by atoms with Gasteiger partial charge < -0.3 is 9.33 Å². The summed E-state index contributed by atoms with van der Waals surface area (Å²) in [6.45, 7) is 14.7. The van der Waals surface area contributed by atoms with E-state index in [9.17, 15) is 4.79 Å². The van der Waals surface area contributed by atoms with E-state index in [1.807, 2.05) is 11.8 Å². The Bertz CT molecular complexity index is 278. The highest BCUT2D eigenvalue weighted by molar-refractivity contribution is 6.74. The fraction of sp³-hybridized carbons (Fsp3) is 0.923. The van der Waals surface area contributed by atoms with Crippen molar-refractivity contribution in [3.8, 4) is 0 Å². The molecule has 1 aliphatic rings. The van der Waals surface area contributed by atoms with Gasteiger partial charge in [0.15, 0.2) is 8.32 Å². The third kappa shape index (κ3) is 3.55. The van der Waals surface area contributed by atoms with Gasteiger partial charge >= 0.3 is 0 Å². The molecule has 1 aliphatic heterocycles. The third-order valence-corrected chi connectivity index (χ3v) is 8.60. The molecule has 0 aromatic heterocycles. The van der Waals surface area contributed by atoms with Crippen LogP contribution in [-0.2, 0) is 9.22 Å². The van der Waals surface area contributed by atoms with E-state index in [1.54, 1.807) is 0 Å². The molecule has 4 heteroatoms. The van der Waals surface area contributed by atoms with Gasteiger partial charge in [0.05, 0.1) is 0 Å². The largest absolute Gasteiger partial charge is 0.405 e. The van der Waals surface area contributed by atoms with Crippen molar-refractivity contribution in [2.45, 2.75) is 64.8 Å². The zero-order chi connectivity index (χ0) is 13.3. The van der Waals surface area contributed by atoms with E-state index in [0.29, 0.717) is 0 Å². The molecule has 1 unspecified atom stereocenters. The van der Waals surface area contributed by atoms with Gasteiger partial charge in [-0.1, -0.05) is 20.8 Å². The maximum atomic E-state index is 12.2. The Kier molecular flexibility index (Phi) is 4.41. The maximum Gasteiger partial charge on any atom is 0.250 e. The maximum absolute atomic E-state index is 12.2. The minimum absolute atomic E-state index is 0.159. The zero-order valence-electron chi connectivity index (χ0n) is 12.2. The number of rotatable bonds is 3. The Morgan fingerprint density at radius 3 is 2.12 bits per heavy atom. The molecule has 1 atom stereocenters. The van der Waals surface area contributed by atoms with Crippen LogP contribution < -0.4 is 0 Å². The summed E-state index contributed by atoms with van der Waals surface area (Å²) in [5.74, 6) is 0.173. The van der Waals surface area contributed by atoms with Gasteiger partial charge in [-0.2, -0.15) is 0 Å². The normalized spacial score (nSPS) is 19.5. The van der Waals surface area contributed by atoms with Gasteiger partial charge in [-0.3, -0.25) is 4.79 Å². The van der Waals surface area contributed by atoms with Gasteiger partial charge in [0, 0.05) is 13.1 Å². The van der Waals surface area contributed by atoms with Crippen molar-refractivity contribution in [3.63, 3.8) is 0 Å². The molecule has 1 saturated heterocycles. The first-order valence-electron chi connectivity index (χ1n) is 6.62. The SMILES string of the molecule is CC(O[Si](C)(C)C(C)(C)C)C(=O)N1CCCC1. The van der Waals surface area contributed by atoms with Gasteiger partial charge in [-0.05, 0) is 37.9 Å². The number of amides is 1. The van der Waals surface area contributed by atoms with Crippen molar-refractivity contribution >= 4 is 14.2 Å². The first kappa shape index (κ1) is 14.7. The molecule has 1 amide bonds. The summed E-state index contributed by atoms with van der Waals surface area (Å²) in [5, 5.41) is 0.159. The van der Waals surface area contributed by atoms with Crippen molar-refractivity contribution in [1.29, 1.82) is 0 Å². The van der Waals surface area contributed by atoms with Crippen LogP contribution in [0.5, 0.6) is 0 Å². The minimum atomic E-state index is -1.83. The number of carbonyl (C=O) groups is 1. The van der Waals surface area contributed by atoms with Crippen molar-refractivity contribution in [3.05, 3.63) is 0 Å². The van der Waals surface area contributed by atoms with Crippen LogP contribution in [0.4, 0.5) is 0 Å². The second-order valence-corrected chi connectivity index (χ2v) is 11.3. The van der Waals surface area contributed by atoms with Gasteiger partial charge in [0.1, 0.15) is 6.10 Å². The van der Waals surface area contributed by atoms with Crippen LogP contribution in [0.2, 0.25) is 18.1 Å². The average Bonchev–Trinajstić information content (AvgIpc) is 2.66. The van der Waals surface area contributed by atoms with E-state index in [2.05, 4.69) is 33.9 Å². The summed E-state index contributed by atoms with van der Waals surface area (Å²) in [6.07, 6.45) is 1.99. The Morgan fingerprint density at radius 2 is 1.71 bits per heavy atom. The lowest BCUT2D eigenvalue weighted by atomic mass is 10.2. The van der Waals surface area contributed by atoms with Crippen LogP contribution in [0.25, 0.3) is 0 Å². The molecule has 100 valence electrons. The summed E-state index contributed by atoms with van der Waals surface area (Å²) in [5.41, 5.74) is 0. The fourth-order valence-corrected chi connectivity index (χ4v) is 3.20. The number of hydrogen-bond acceptors (Lipinski definition) is 2. The molecule has 0 bridgehead atoms. The molecule has 0 spiro atoms. The van der Waals surface area contributed by atoms with E-state index in [-0.39, 0.29) is 17.0 Å². The molecule has 0 radical (unpaired) electrons. The monoisotopic (exact) mass is 257 g/mol. The van der Waals surface area contributed by atoms with E-state index in [0.717, 1.165) is 25.9 Å². The van der Waals surface area contributed by atoms with Crippen LogP contribution in [0, 0.1) is 0 Å². The van der Waals surface area contributed by atoms with E-state index >= 15 is 0 Å². The summed E-state index contributed by atoms with van der Waals surface area (Å²) < 4.78 is 6.12. The second-order valence-electron chi connectivity index (χ2n) is 6.55. The summed E-state index contributed by atoms with van der Waals surface area (Å²) in [6, 6.07) is 0. The molecule has 3 nitrogen and oxygen atoms in total. The molecule has 0 saturated carbocycles. The van der Waals surface area contributed by atoms with Crippen molar-refractivity contribution in [2.24, 2.45) is 0 Å². The van der Waals surface area contributed by atoms with Crippen molar-refractivity contribution in [1.82, 2.24) is 4.90 Å². The smallest absolute Gasteiger partial charge is 0.250 e. The third-order valence-electron chi connectivity index (χ3n) is 4.04. The highest BCUT2D eigenvalue weighted by Gasteiger charge is 2.40. The van der Waals surface area contributed by atoms with Crippen LogP contribution >= 0.6 is 0 Å². The van der Waals surface area contributed by atoms with Crippen LogP contribution in [0.1, 0.15) is 40.5 Å². The zero-order valence-corrected chi connectivity index (χ0v) is 13.2. The predicted molar refractivity (Wildman–Crippen MR) is 73.6 cm³/mol. The number of nitrogens with zero attached hydrogens (tertiary/aromatic N) is 1. The van der Waals surface area contributed by atoms with E-state index in [4.69, 9.17) is 4.43 Å². The lowest BCUT2D eigenvalue weighted by Crippen LogP contribution is -2.48. The lowest BCUT2D eigenvalue weighted by molar-refractivity contribution is -0.137. The predicted octanol–water partition coefficient (Wildman–Crippen LogP) is 3.02. The first-order valence-corrected chi connectivity index (χ1v) is 9.52. The number of carbonyl (C=O) groups excluding carboxylic acids is 1. The molecular formula is C13H27NO2Si. The Hall–Kier alpha value is -0.353. The average molecular weight is 257 g/mol. The summed E-state index contributed by atoms with van der Waals surface area (Å²) in [4.78, 5) is 14.1. The van der Waals surface area contributed by atoms with E-state index < -0.39 is 8.32 Å². The van der Waals surface area contributed by atoms with E-state index in [1.165, 1.54) is 0 Å². The van der Waals surface area contributed by atoms with Crippen LogP contribution in [0.15, 0.2) is 0 Å². The molecule has 17 heavy (non-hydrogen) atoms. The highest BCUT2D eigenvalue weighted by Crippen LogP contribution is 2.37. The number of hydrogen-bond donors (Lipinski definition) is 0. The minimum Gasteiger partial charge on any atom is -0.405 e. The fourth-order valence-electron chi connectivity index (χ4n) is 1.86. The highest BCUT2D eigenvalue weighted by atomic mass is 28.4. The number of likely N-dealkylation sites (tertiary alicyclic amines) is 1. The molecule has 0 aromatic carbocycles. The summed E-state index contributed by atoms with van der Waals surface area (Å²) in [7, 11) is -1.83. The molecule has 0 aromatic rings. The molecular weight excluding hydrogens is 230 g/mol. The standard InChI is InChI=1S/C13H27NO2Si/c1-11(12(15)14-9-7-8-10-14)16-17(5,6)13(2,3)4/h11H,7-10H2,1-6H3. The quantitative estimate of drug-likeness (QED) is 0.727. The van der Waals surface area contributed by atoms with Crippen LogP contribution in [-0.4, -0.2) is 38.3 Å². The molecule has 1 heterocycles. The van der Waals surface area contributed by atoms with Gasteiger partial charge in [0.2, 0.25) is 5.91 Å². The van der Waals surface area contributed by atoms with Crippen LogP contribution in [0.3, 0.4) is 0 Å². The van der Waals surface area contributed by atoms with Gasteiger partial charge in [-0.15, -0.1) is 0 Å². The Morgan fingerprint density at radius 1 is 1.24 bits per heavy atom. The summed E-state index contributed by atoms with van der Waals surface area (Å²) >= 11 is 0. The van der Waals surface area contributed by atoms with Gasteiger partial charge in [-0.25, -0.2) is 0 Å². The molecule has 0 N–H and O–H groups in total. The lowest BCUT2D eigenvalue weighted by Gasteiger charge is -2.38. The van der Waals surface area contributed by atoms with Crippen molar-refractivity contribution < 1.29 is 9.22 Å². The molecule has 0 aliphatic carbocycles. The molecule has 1 rings (SSSR count). The Labute approximate surface area is 107 Å². The Balaban J connectivity index is 2.59. The second kappa shape index (κ2) is 5.10. The molecule has 1 fully saturated rings. The first-order chi connectivity index (χ1) is 7.65.